The highest BCUT2D eigenvalue weighted by Gasteiger charge is 2.20. The molecule has 122 valence electrons. The number of aromatic nitrogens is 1. The summed E-state index contributed by atoms with van der Waals surface area (Å²) in [7, 11) is 0. The molecule has 1 aromatic heterocycles. The van der Waals surface area contributed by atoms with Crippen LogP contribution in [0.2, 0.25) is 0 Å². The molecule has 0 saturated carbocycles. The molecular weight excluding hydrogens is 316 g/mol. The van der Waals surface area contributed by atoms with Gasteiger partial charge in [0, 0.05) is 16.5 Å². The number of carboxylic acid groups (broad SMARTS) is 1. The van der Waals surface area contributed by atoms with E-state index in [1.54, 1.807) is 29.6 Å². The van der Waals surface area contributed by atoms with Crippen molar-refractivity contribution < 1.29 is 19.4 Å². The highest BCUT2D eigenvalue weighted by atomic mass is 32.1. The van der Waals surface area contributed by atoms with Gasteiger partial charge in [-0.25, -0.2) is 9.78 Å². The molecule has 2 rings (SSSR count). The predicted molar refractivity (Wildman–Crippen MR) is 88.3 cm³/mol. The van der Waals surface area contributed by atoms with E-state index in [-0.39, 0.29) is 11.3 Å². The number of carbonyl (C=O) groups excluding carboxylic acids is 1. The van der Waals surface area contributed by atoms with Crippen molar-refractivity contribution in [2.75, 3.05) is 11.9 Å². The number of anilines is 1. The third kappa shape index (κ3) is 4.79. The van der Waals surface area contributed by atoms with Crippen molar-refractivity contribution in [2.24, 2.45) is 0 Å². The van der Waals surface area contributed by atoms with Crippen LogP contribution in [-0.4, -0.2) is 28.6 Å². The second kappa shape index (κ2) is 6.78. The molecule has 0 spiro atoms. The lowest BCUT2D eigenvalue weighted by Crippen LogP contribution is -2.15. The van der Waals surface area contributed by atoms with Crippen LogP contribution in [0, 0.1) is 0 Å². The van der Waals surface area contributed by atoms with Crippen molar-refractivity contribution in [2.45, 2.75) is 26.2 Å². The van der Waals surface area contributed by atoms with Crippen molar-refractivity contribution in [1.82, 2.24) is 4.98 Å². The summed E-state index contributed by atoms with van der Waals surface area (Å²) in [5.74, 6) is -0.898. The minimum Gasteiger partial charge on any atom is -0.482 e. The number of nitrogens with zero attached hydrogens (tertiary/aromatic N) is 1. The third-order valence-corrected chi connectivity index (χ3v) is 4.12. The van der Waals surface area contributed by atoms with Crippen molar-refractivity contribution >= 4 is 28.9 Å². The average Bonchev–Trinajstić information content (AvgIpc) is 2.96. The van der Waals surface area contributed by atoms with Crippen molar-refractivity contribution in [1.29, 1.82) is 0 Å². The van der Waals surface area contributed by atoms with E-state index >= 15 is 0 Å². The average molecular weight is 334 g/mol. The second-order valence-electron chi connectivity index (χ2n) is 5.95. The topological polar surface area (TPSA) is 88.5 Å². The standard InChI is InChI=1S/C16H18N2O4S/c1-16(2,3)15-18-12(9-23-15)14(21)17-10-4-6-11(7-5-10)22-8-13(19)20/h4-7,9H,8H2,1-3H3,(H,17,21)(H,19,20). The number of carboxylic acids is 1. The molecule has 1 aromatic carbocycles. The van der Waals surface area contributed by atoms with Crippen LogP contribution in [0.5, 0.6) is 5.75 Å². The molecule has 23 heavy (non-hydrogen) atoms. The Morgan fingerprint density at radius 3 is 2.43 bits per heavy atom. The Kier molecular flexibility index (Phi) is 5.00. The van der Waals surface area contributed by atoms with E-state index in [0.717, 1.165) is 5.01 Å². The Bertz CT molecular complexity index is 702. The minimum absolute atomic E-state index is 0.0909. The van der Waals surface area contributed by atoms with Gasteiger partial charge in [0.25, 0.3) is 5.91 Å². The quantitative estimate of drug-likeness (QED) is 0.877. The Morgan fingerprint density at radius 2 is 1.91 bits per heavy atom. The zero-order chi connectivity index (χ0) is 17.0. The van der Waals surface area contributed by atoms with Gasteiger partial charge in [0.2, 0.25) is 0 Å². The van der Waals surface area contributed by atoms with Gasteiger partial charge in [-0.2, -0.15) is 0 Å². The van der Waals surface area contributed by atoms with Crippen LogP contribution < -0.4 is 10.1 Å². The molecule has 1 heterocycles. The SMILES string of the molecule is CC(C)(C)c1nc(C(=O)Nc2ccc(OCC(=O)O)cc2)cs1. The van der Waals surface area contributed by atoms with Gasteiger partial charge in [-0.15, -0.1) is 11.3 Å². The van der Waals surface area contributed by atoms with Gasteiger partial charge < -0.3 is 15.2 Å². The molecule has 1 amide bonds. The minimum atomic E-state index is -1.04. The molecule has 2 aromatic rings. The highest BCUT2D eigenvalue weighted by Crippen LogP contribution is 2.26. The van der Waals surface area contributed by atoms with Gasteiger partial charge in [0.05, 0.1) is 5.01 Å². The van der Waals surface area contributed by atoms with Crippen LogP contribution in [0.25, 0.3) is 0 Å². The first-order valence-electron chi connectivity index (χ1n) is 6.98. The van der Waals surface area contributed by atoms with Gasteiger partial charge in [0.15, 0.2) is 6.61 Å². The molecule has 0 atom stereocenters. The fourth-order valence-corrected chi connectivity index (χ4v) is 2.58. The molecule has 0 saturated heterocycles. The summed E-state index contributed by atoms with van der Waals surface area (Å²) in [6.45, 7) is 5.73. The van der Waals surface area contributed by atoms with E-state index in [4.69, 9.17) is 9.84 Å². The molecule has 2 N–H and O–H groups in total. The summed E-state index contributed by atoms with van der Waals surface area (Å²) >= 11 is 1.46. The van der Waals surface area contributed by atoms with E-state index in [9.17, 15) is 9.59 Å². The summed E-state index contributed by atoms with van der Waals surface area (Å²) in [5, 5.41) is 13.9. The van der Waals surface area contributed by atoms with Crippen molar-refractivity contribution in [3.05, 3.63) is 40.3 Å². The van der Waals surface area contributed by atoms with Crippen LogP contribution in [0.1, 0.15) is 36.3 Å². The molecule has 0 bridgehead atoms. The van der Waals surface area contributed by atoms with Crippen LogP contribution in [0.4, 0.5) is 5.69 Å². The summed E-state index contributed by atoms with van der Waals surface area (Å²) in [4.78, 5) is 27.0. The van der Waals surface area contributed by atoms with Crippen molar-refractivity contribution in [3.8, 4) is 5.75 Å². The molecule has 0 aliphatic carbocycles. The Labute approximate surface area is 138 Å². The number of rotatable bonds is 5. The molecule has 6 nitrogen and oxygen atoms in total. The highest BCUT2D eigenvalue weighted by molar-refractivity contribution is 7.10. The van der Waals surface area contributed by atoms with E-state index < -0.39 is 12.6 Å². The van der Waals surface area contributed by atoms with Gasteiger partial charge in [0.1, 0.15) is 11.4 Å². The Hall–Kier alpha value is -2.41. The first kappa shape index (κ1) is 17.0. The number of hydrogen-bond donors (Lipinski definition) is 2. The maximum atomic E-state index is 12.2. The molecule has 7 heteroatoms. The van der Waals surface area contributed by atoms with Crippen molar-refractivity contribution in [3.63, 3.8) is 0 Å². The van der Waals surface area contributed by atoms with E-state index in [1.165, 1.54) is 11.3 Å². The summed E-state index contributed by atoms with van der Waals surface area (Å²) in [5.41, 5.74) is 0.876. The fourth-order valence-electron chi connectivity index (χ4n) is 1.70. The lowest BCUT2D eigenvalue weighted by atomic mass is 9.98. The first-order valence-corrected chi connectivity index (χ1v) is 7.85. The predicted octanol–water partition coefficient (Wildman–Crippen LogP) is 3.16. The van der Waals surface area contributed by atoms with E-state index in [1.807, 2.05) is 20.8 Å². The third-order valence-electron chi connectivity index (χ3n) is 2.85. The number of benzene rings is 1. The van der Waals surface area contributed by atoms with Crippen LogP contribution in [0.15, 0.2) is 29.6 Å². The summed E-state index contributed by atoms with van der Waals surface area (Å²) in [6, 6.07) is 6.48. The summed E-state index contributed by atoms with van der Waals surface area (Å²) < 4.78 is 5.03. The first-order chi connectivity index (χ1) is 10.8. The van der Waals surface area contributed by atoms with Gasteiger partial charge in [-0.05, 0) is 24.3 Å². The molecule has 0 aliphatic heterocycles. The van der Waals surface area contributed by atoms with E-state index in [2.05, 4.69) is 10.3 Å². The molecule has 0 aliphatic rings. The second-order valence-corrected chi connectivity index (χ2v) is 6.81. The molecular formula is C16H18N2O4S. The van der Waals surface area contributed by atoms with Gasteiger partial charge in [-0.1, -0.05) is 20.8 Å². The molecule has 0 fully saturated rings. The van der Waals surface area contributed by atoms with Crippen LogP contribution in [-0.2, 0) is 10.2 Å². The lowest BCUT2D eigenvalue weighted by molar-refractivity contribution is -0.139. The van der Waals surface area contributed by atoms with Gasteiger partial charge >= 0.3 is 5.97 Å². The van der Waals surface area contributed by atoms with Gasteiger partial charge in [-0.3, -0.25) is 4.79 Å². The Balaban J connectivity index is 2.00. The monoisotopic (exact) mass is 334 g/mol. The molecule has 0 radical (unpaired) electrons. The van der Waals surface area contributed by atoms with Crippen LogP contribution >= 0.6 is 11.3 Å². The Morgan fingerprint density at radius 1 is 1.26 bits per heavy atom. The largest absolute Gasteiger partial charge is 0.482 e. The maximum Gasteiger partial charge on any atom is 0.341 e. The number of amides is 1. The zero-order valence-electron chi connectivity index (χ0n) is 13.1. The zero-order valence-corrected chi connectivity index (χ0v) is 13.9. The summed E-state index contributed by atoms with van der Waals surface area (Å²) in [6.07, 6.45) is 0. The number of aliphatic carboxylic acids is 1. The molecule has 0 unspecified atom stereocenters. The number of carbonyl (C=O) groups is 2. The van der Waals surface area contributed by atoms with Crippen LogP contribution in [0.3, 0.4) is 0 Å². The smallest absolute Gasteiger partial charge is 0.341 e. The fraction of sp³-hybridized carbons (Fsp3) is 0.312. The maximum absolute atomic E-state index is 12.2. The number of ether oxygens (including phenoxy) is 1. The van der Waals surface area contributed by atoms with E-state index in [0.29, 0.717) is 17.1 Å². The lowest BCUT2D eigenvalue weighted by Gasteiger charge is -2.13. The number of nitrogens with one attached hydrogen (secondary N) is 1. The number of thiazole rings is 1. The number of hydrogen-bond acceptors (Lipinski definition) is 5. The normalized spacial score (nSPS) is 11.1.